The minimum atomic E-state index is -1.03. The molecule has 0 aliphatic carbocycles. The minimum absolute atomic E-state index is 0.0461. The highest BCUT2D eigenvalue weighted by Gasteiger charge is 2.20. The lowest BCUT2D eigenvalue weighted by molar-refractivity contribution is -0.138. The number of rotatable bonds is 6. The summed E-state index contributed by atoms with van der Waals surface area (Å²) in [6, 6.07) is 0. The third kappa shape index (κ3) is 5.58. The molecular weight excluding hydrogens is 206 g/mol. The smallest absolute Gasteiger partial charge is 0.305 e. The number of nitrogens with one attached hydrogen (secondary N) is 1. The normalized spacial score (nSPS) is 11.9. The van der Waals surface area contributed by atoms with Crippen molar-refractivity contribution in [3.8, 4) is 0 Å². The topological polar surface area (TPSA) is 83.5 Å². The molecule has 0 aliphatic rings. The number of carbonyl (C=O) groups is 3. The Morgan fingerprint density at radius 1 is 1.43 bits per heavy atom. The Morgan fingerprint density at radius 2 is 2.00 bits per heavy atom. The summed E-state index contributed by atoms with van der Waals surface area (Å²) in [7, 11) is 0. The average molecular weight is 219 g/mol. The number of aliphatic carboxylic acids is 1. The van der Waals surface area contributed by atoms with Gasteiger partial charge in [-0.1, -0.05) is 0 Å². The highest BCUT2D eigenvalue weighted by molar-refractivity contribution is 7.99. The fourth-order valence-electron chi connectivity index (χ4n) is 0.767. The van der Waals surface area contributed by atoms with E-state index in [1.54, 1.807) is 6.26 Å². The van der Waals surface area contributed by atoms with Gasteiger partial charge in [-0.3, -0.25) is 14.4 Å². The van der Waals surface area contributed by atoms with Gasteiger partial charge in [-0.15, -0.1) is 0 Å². The average Bonchev–Trinajstić information content (AvgIpc) is 2.09. The lowest BCUT2D eigenvalue weighted by Crippen LogP contribution is -2.36. The molecule has 0 rings (SSSR count). The molecule has 1 atom stereocenters. The second-order valence-electron chi connectivity index (χ2n) is 2.74. The van der Waals surface area contributed by atoms with Crippen molar-refractivity contribution in [2.24, 2.45) is 0 Å². The van der Waals surface area contributed by atoms with Crippen molar-refractivity contribution in [1.82, 2.24) is 5.32 Å². The van der Waals surface area contributed by atoms with Crippen molar-refractivity contribution >= 4 is 29.4 Å². The van der Waals surface area contributed by atoms with E-state index in [1.165, 1.54) is 6.92 Å². The molecule has 1 unspecified atom stereocenters. The number of thioether (sulfide) groups is 1. The van der Waals surface area contributed by atoms with Gasteiger partial charge < -0.3 is 10.4 Å². The maximum atomic E-state index is 11.3. The molecule has 0 fully saturated rings. The Bertz CT molecular complexity index is 241. The third-order valence-corrected chi connectivity index (χ3v) is 2.40. The summed E-state index contributed by atoms with van der Waals surface area (Å²) in [6.45, 7) is 1.31. The van der Waals surface area contributed by atoms with E-state index in [1.807, 2.05) is 0 Å². The summed E-state index contributed by atoms with van der Waals surface area (Å²) in [5.41, 5.74) is 0. The summed E-state index contributed by atoms with van der Waals surface area (Å²) in [4.78, 5) is 32.2. The van der Waals surface area contributed by atoms with Crippen LogP contribution in [-0.2, 0) is 14.4 Å². The Hall–Kier alpha value is -1.04. The fourth-order valence-corrected chi connectivity index (χ4v) is 1.37. The van der Waals surface area contributed by atoms with Crippen LogP contribution in [-0.4, -0.2) is 40.8 Å². The van der Waals surface area contributed by atoms with Crippen LogP contribution in [0, 0.1) is 0 Å². The zero-order valence-electron chi connectivity index (χ0n) is 8.07. The van der Waals surface area contributed by atoms with Gasteiger partial charge in [0.15, 0.2) is 0 Å². The van der Waals surface area contributed by atoms with Crippen molar-refractivity contribution in [3.63, 3.8) is 0 Å². The lowest BCUT2D eigenvalue weighted by atomic mass is 10.3. The van der Waals surface area contributed by atoms with Crippen LogP contribution < -0.4 is 5.32 Å². The molecule has 0 spiro atoms. The number of carboxylic acid groups (broad SMARTS) is 1. The van der Waals surface area contributed by atoms with Gasteiger partial charge in [0.2, 0.25) is 5.91 Å². The van der Waals surface area contributed by atoms with E-state index < -0.39 is 17.1 Å². The van der Waals surface area contributed by atoms with Crippen LogP contribution >= 0.6 is 11.8 Å². The largest absolute Gasteiger partial charge is 0.481 e. The van der Waals surface area contributed by atoms with Gasteiger partial charge in [0.05, 0.1) is 18.2 Å². The molecule has 0 aliphatic heterocycles. The van der Waals surface area contributed by atoms with Crippen LogP contribution in [0.1, 0.15) is 13.3 Å². The molecule has 0 aromatic carbocycles. The van der Waals surface area contributed by atoms with E-state index in [-0.39, 0.29) is 18.7 Å². The van der Waals surface area contributed by atoms with Crippen molar-refractivity contribution in [2.45, 2.75) is 18.6 Å². The van der Waals surface area contributed by atoms with Crippen LogP contribution in [0.5, 0.6) is 0 Å². The van der Waals surface area contributed by atoms with Crippen LogP contribution in [0.2, 0.25) is 0 Å². The van der Waals surface area contributed by atoms with E-state index in [0.717, 1.165) is 11.8 Å². The summed E-state index contributed by atoms with van der Waals surface area (Å²) < 4.78 is 0. The molecule has 0 saturated heterocycles. The van der Waals surface area contributed by atoms with Gasteiger partial charge in [-0.2, -0.15) is 11.8 Å². The fraction of sp³-hybridized carbons (Fsp3) is 0.625. The Labute approximate surface area is 86.2 Å². The Balaban J connectivity index is 4.04. The van der Waals surface area contributed by atoms with Gasteiger partial charge >= 0.3 is 5.97 Å². The molecule has 0 saturated carbocycles. The molecule has 0 heterocycles. The van der Waals surface area contributed by atoms with Gasteiger partial charge in [-0.25, -0.2) is 0 Å². The molecule has 0 radical (unpaired) electrons. The number of carboxylic acids is 1. The summed E-state index contributed by atoms with van der Waals surface area (Å²) in [5.74, 6) is -1.59. The monoisotopic (exact) mass is 219 g/mol. The second-order valence-corrected chi connectivity index (χ2v) is 3.78. The van der Waals surface area contributed by atoms with Crippen LogP contribution in [0.3, 0.4) is 0 Å². The quantitative estimate of drug-likeness (QED) is 0.651. The maximum Gasteiger partial charge on any atom is 0.305 e. The molecular formula is C8H13NO4S. The molecule has 1 amide bonds. The molecule has 0 bridgehead atoms. The van der Waals surface area contributed by atoms with Crippen molar-refractivity contribution in [2.75, 3.05) is 12.8 Å². The van der Waals surface area contributed by atoms with Crippen LogP contribution in [0.4, 0.5) is 0 Å². The number of hydrogen-bond donors (Lipinski definition) is 2. The molecule has 2 N–H and O–H groups in total. The molecule has 0 aromatic rings. The van der Waals surface area contributed by atoms with Crippen molar-refractivity contribution in [1.29, 1.82) is 0 Å². The molecule has 14 heavy (non-hydrogen) atoms. The molecule has 5 nitrogen and oxygen atoms in total. The first-order valence-corrected chi connectivity index (χ1v) is 5.28. The summed E-state index contributed by atoms with van der Waals surface area (Å²) in [6.07, 6.45) is 1.42. The zero-order valence-corrected chi connectivity index (χ0v) is 8.89. The van der Waals surface area contributed by atoms with E-state index in [4.69, 9.17) is 5.11 Å². The van der Waals surface area contributed by atoms with Crippen LogP contribution in [0.25, 0.3) is 0 Å². The van der Waals surface area contributed by atoms with E-state index in [9.17, 15) is 14.4 Å². The predicted octanol–water partition coefficient (Wildman–Crippen LogP) is -0.102. The third-order valence-electron chi connectivity index (χ3n) is 1.45. The number of amides is 1. The summed E-state index contributed by atoms with van der Waals surface area (Å²) in [5, 5.41) is 10.2. The van der Waals surface area contributed by atoms with Crippen molar-refractivity contribution in [3.05, 3.63) is 0 Å². The SMILES string of the molecule is CSC(CC(=O)O)C(=O)NCC(C)=O. The number of ketones is 1. The van der Waals surface area contributed by atoms with E-state index >= 15 is 0 Å². The predicted molar refractivity (Wildman–Crippen MR) is 53.2 cm³/mol. The molecule has 6 heteroatoms. The highest BCUT2D eigenvalue weighted by Crippen LogP contribution is 2.10. The number of hydrogen-bond acceptors (Lipinski definition) is 4. The molecule has 80 valence electrons. The first-order valence-electron chi connectivity index (χ1n) is 3.99. The first-order chi connectivity index (χ1) is 6.47. The first kappa shape index (κ1) is 13.0. The van der Waals surface area contributed by atoms with E-state index in [0.29, 0.717) is 0 Å². The Kier molecular flexibility index (Phi) is 5.94. The standard InChI is InChI=1S/C8H13NO4S/c1-5(10)4-9-8(13)6(14-2)3-7(11)12/h6H,3-4H2,1-2H3,(H,9,13)(H,11,12). The second kappa shape index (κ2) is 6.42. The van der Waals surface area contributed by atoms with E-state index in [2.05, 4.69) is 5.32 Å². The highest BCUT2D eigenvalue weighted by atomic mass is 32.2. The Morgan fingerprint density at radius 3 is 2.36 bits per heavy atom. The zero-order chi connectivity index (χ0) is 11.1. The van der Waals surface area contributed by atoms with Gasteiger partial charge in [-0.05, 0) is 13.2 Å². The van der Waals surface area contributed by atoms with Crippen molar-refractivity contribution < 1.29 is 19.5 Å². The van der Waals surface area contributed by atoms with Gasteiger partial charge in [0.1, 0.15) is 5.78 Å². The summed E-state index contributed by atoms with van der Waals surface area (Å²) >= 11 is 1.15. The minimum Gasteiger partial charge on any atom is -0.481 e. The van der Waals surface area contributed by atoms with Gasteiger partial charge in [0, 0.05) is 0 Å². The van der Waals surface area contributed by atoms with Gasteiger partial charge in [0.25, 0.3) is 0 Å². The maximum absolute atomic E-state index is 11.3. The lowest BCUT2D eigenvalue weighted by Gasteiger charge is -2.11. The molecule has 0 aromatic heterocycles. The number of Topliss-reactive ketones (excluding diaryl/α,β-unsaturated/α-hetero) is 1. The number of carbonyl (C=O) groups excluding carboxylic acids is 2. The van der Waals surface area contributed by atoms with Crippen LogP contribution in [0.15, 0.2) is 0 Å².